The third-order valence-electron chi connectivity index (χ3n) is 18.4. The molecule has 0 radical (unpaired) electrons. The Morgan fingerprint density at radius 3 is 1.10 bits per heavy atom. The second-order valence-corrected chi connectivity index (χ2v) is 30.8. The van der Waals surface area contributed by atoms with Crippen LogP contribution in [-0.2, 0) is 107 Å². The van der Waals surface area contributed by atoms with Gasteiger partial charge in [-0.2, -0.15) is 13.3 Å². The first kappa shape index (κ1) is 84.4. The van der Waals surface area contributed by atoms with Crippen molar-refractivity contribution in [3.8, 4) is 0 Å². The summed E-state index contributed by atoms with van der Waals surface area (Å²) in [4.78, 5) is 111. The molecule has 0 spiro atoms. The molecule has 3 amide bonds. The van der Waals surface area contributed by atoms with Gasteiger partial charge in [-0.1, -0.05) is 164 Å². The average Bonchev–Trinajstić information content (AvgIpc) is 0.761. The molecule has 9 aromatic carbocycles. The summed E-state index contributed by atoms with van der Waals surface area (Å²) >= 11 is 0. The second-order valence-electron chi connectivity index (χ2n) is 25.4. The van der Waals surface area contributed by atoms with Crippen LogP contribution in [0.5, 0.6) is 0 Å². The summed E-state index contributed by atoms with van der Waals surface area (Å²) < 4.78 is 114. The average molecular weight is 1600 g/mol. The number of carbonyl (C=O) groups excluding carboxylic acids is 6. The summed E-state index contributed by atoms with van der Waals surface area (Å²) in [5.74, 6) is -4.19. The number of piperazine rings is 2. The number of nitrogens with zero attached hydrogens (tertiary/aromatic N) is 7. The number of benzene rings is 9. The van der Waals surface area contributed by atoms with Crippen molar-refractivity contribution in [2.45, 2.75) is 70.2 Å². The molecule has 2 aliphatic rings. The Balaban J connectivity index is 0.000000193. The number of hydrogen-bond acceptors (Lipinski definition) is 24. The van der Waals surface area contributed by atoms with Crippen LogP contribution < -0.4 is 10.0 Å². The quantitative estimate of drug-likeness (QED) is 0.0213. The Bertz CT molecular complexity index is 5150. The van der Waals surface area contributed by atoms with E-state index in [4.69, 9.17) is 28.4 Å². The van der Waals surface area contributed by atoms with Crippen LogP contribution >= 0.6 is 0 Å². The van der Waals surface area contributed by atoms with Gasteiger partial charge in [0.15, 0.2) is 14.7 Å². The van der Waals surface area contributed by atoms with Gasteiger partial charge in [-0.05, 0) is 67.2 Å². The van der Waals surface area contributed by atoms with Gasteiger partial charge in [-0.25, -0.2) is 39.6 Å². The maximum Gasteiger partial charge on any atom is 0.328 e. The number of esters is 3. The van der Waals surface area contributed by atoms with Gasteiger partial charge in [0.05, 0.1) is 55.9 Å². The number of nitrogens with one attached hydrogen (secondary N) is 2. The molecule has 0 bridgehead atoms. The van der Waals surface area contributed by atoms with Crippen LogP contribution in [-0.4, -0.2) is 219 Å². The highest BCUT2D eigenvalue weighted by Crippen LogP contribution is 2.34. The minimum atomic E-state index is -4.50. The van der Waals surface area contributed by atoms with Gasteiger partial charge in [-0.3, -0.25) is 44.7 Å². The fraction of sp³-hybridized carbons (Fsp3) is 0.289. The molecule has 112 heavy (non-hydrogen) atoms. The largest absolute Gasteiger partial charge is 0.467 e. The Hall–Kier alpha value is -11.6. The Morgan fingerprint density at radius 2 is 0.750 bits per heavy atom. The van der Waals surface area contributed by atoms with E-state index in [1.54, 1.807) is 0 Å². The minimum absolute atomic E-state index is 0.0832. The first-order chi connectivity index (χ1) is 53.5. The van der Waals surface area contributed by atoms with Crippen molar-refractivity contribution in [1.82, 2.24) is 28.4 Å². The maximum absolute atomic E-state index is 13.7. The summed E-state index contributed by atoms with van der Waals surface area (Å²) in [7, 11) is -5.89. The molecule has 2 aliphatic heterocycles. The summed E-state index contributed by atoms with van der Waals surface area (Å²) in [6.45, 7) is -1.63. The number of hydrogen-bond donors (Lipinski definition) is 2. The molecule has 0 aromatic heterocycles. The fourth-order valence-electron chi connectivity index (χ4n) is 13.0. The van der Waals surface area contributed by atoms with Crippen molar-refractivity contribution in [2.75, 3.05) is 88.7 Å². The van der Waals surface area contributed by atoms with Crippen molar-refractivity contribution in [2.24, 2.45) is 0 Å². The summed E-state index contributed by atoms with van der Waals surface area (Å²) in [6, 6.07) is 47.5. The zero-order chi connectivity index (χ0) is 81.2. The Morgan fingerprint density at radius 1 is 0.420 bits per heavy atom. The summed E-state index contributed by atoms with van der Waals surface area (Å²) in [5.41, 5.74) is 0.498. The standard InChI is InChI=1S/2C26H27N3O8S.C24H25N3O8S/c2*1-36-17-23-25(30)27(13-14-28(23)38(34,35)24-10-6-5-9-21(24)29(32)33)22(26(31)37-2)16-18-11-12-19-7-3-4-8-20(19)15-18;1-34-15-20(26-36(32,33)22-10-6-5-9-21(22)27(30)31)23(28)25-19(24(29)35-2)14-16-11-12-17-7-3-4-8-18(17)13-16/h2*3-12,15,22-23H,13-14,16-17H2,1-2H3;3-13,19-20,26H,14-15H2,1-2H3,(H,25,28)/t2*22-,23-;19-,20-/m000/s1. The number of carbonyl (C=O) groups is 6. The van der Waals surface area contributed by atoms with E-state index in [1.165, 1.54) is 88.9 Å². The number of ether oxygens (including phenoxy) is 6. The SMILES string of the molecule is COC[C@H](NS(=O)(=O)c1ccccc1[N+](=O)[O-])C(=O)N[C@@H](Cc1ccc2ccccc2c1)C(=O)OC.COC[C@H]1C(=O)N([C@@H](Cc2ccc3ccccc3c2)C(=O)OC)CCN1S(=O)(=O)c1ccccc1[N+](=O)[O-].COC[C@H]1C(=O)N([C@@H](Cc2ccc3ccccc3c2)C(=O)OC)CCN1S(=O)(=O)c1ccccc1[N+](=O)[O-]. The molecule has 2 N–H and O–H groups in total. The second kappa shape index (κ2) is 37.9. The number of methoxy groups -OCH3 is 6. The molecule has 2 saturated heterocycles. The van der Waals surface area contributed by atoms with Gasteiger partial charge in [-0.15, -0.1) is 0 Å². The van der Waals surface area contributed by atoms with E-state index in [-0.39, 0.29) is 58.7 Å². The zero-order valence-corrected chi connectivity index (χ0v) is 63.7. The number of nitro benzene ring substituents is 3. The van der Waals surface area contributed by atoms with Crippen LogP contribution in [0.1, 0.15) is 16.7 Å². The number of para-hydroxylation sites is 3. The van der Waals surface area contributed by atoms with Crippen LogP contribution in [0, 0.1) is 30.3 Å². The van der Waals surface area contributed by atoms with Gasteiger partial charge >= 0.3 is 17.9 Å². The van der Waals surface area contributed by atoms with Crippen molar-refractivity contribution in [1.29, 1.82) is 0 Å². The van der Waals surface area contributed by atoms with E-state index in [0.717, 1.165) is 94.0 Å². The molecule has 2 heterocycles. The molecule has 33 nitrogen and oxygen atoms in total. The van der Waals surface area contributed by atoms with E-state index in [0.29, 0.717) is 0 Å². The van der Waals surface area contributed by atoms with Crippen LogP contribution in [0.25, 0.3) is 32.3 Å². The highest BCUT2D eigenvalue weighted by molar-refractivity contribution is 7.90. The van der Waals surface area contributed by atoms with Crippen molar-refractivity contribution in [3.63, 3.8) is 0 Å². The van der Waals surface area contributed by atoms with Crippen LogP contribution in [0.2, 0.25) is 0 Å². The molecule has 0 aliphatic carbocycles. The molecule has 0 saturated carbocycles. The first-order valence-corrected chi connectivity index (χ1v) is 38.7. The molecule has 11 rings (SSSR count). The normalized spacial score (nSPS) is 16.0. The smallest absolute Gasteiger partial charge is 0.328 e. The van der Waals surface area contributed by atoms with Crippen molar-refractivity contribution < 1.29 is 97.2 Å². The van der Waals surface area contributed by atoms with Gasteiger partial charge < -0.3 is 43.5 Å². The maximum atomic E-state index is 13.7. The predicted octanol–water partition coefficient (Wildman–Crippen LogP) is 6.70. The Kier molecular flexibility index (Phi) is 28.5. The molecule has 9 aromatic rings. The van der Waals surface area contributed by atoms with E-state index >= 15 is 0 Å². The lowest BCUT2D eigenvalue weighted by molar-refractivity contribution is -0.388. The number of nitro groups is 3. The summed E-state index contributed by atoms with van der Waals surface area (Å²) in [5, 5.41) is 42.7. The van der Waals surface area contributed by atoms with Crippen LogP contribution in [0.15, 0.2) is 215 Å². The lowest BCUT2D eigenvalue weighted by Crippen LogP contribution is -2.63. The third kappa shape index (κ3) is 19.7. The van der Waals surface area contributed by atoms with Gasteiger partial charge in [0.1, 0.15) is 36.3 Å². The highest BCUT2D eigenvalue weighted by Gasteiger charge is 2.49. The molecular formula is C76H79N9O24S3. The number of sulfonamides is 3. The zero-order valence-electron chi connectivity index (χ0n) is 61.2. The van der Waals surface area contributed by atoms with E-state index in [9.17, 15) is 84.4 Å². The number of fused-ring (bicyclic) bond motifs is 3. The van der Waals surface area contributed by atoms with Gasteiger partial charge in [0.25, 0.3) is 37.1 Å². The molecular weight excluding hydrogens is 1520 g/mol. The van der Waals surface area contributed by atoms with Crippen LogP contribution in [0.3, 0.4) is 0 Å². The number of rotatable bonds is 29. The molecule has 6 atom stereocenters. The summed E-state index contributed by atoms with van der Waals surface area (Å²) in [6.07, 6.45) is 0.388. The van der Waals surface area contributed by atoms with Crippen LogP contribution in [0.4, 0.5) is 17.1 Å². The molecule has 590 valence electrons. The van der Waals surface area contributed by atoms with E-state index < -0.39 is 155 Å². The monoisotopic (exact) mass is 1600 g/mol. The molecule has 36 heteroatoms. The topological polar surface area (TPSA) is 427 Å². The van der Waals surface area contributed by atoms with E-state index in [1.807, 2.05) is 127 Å². The molecule has 2 fully saturated rings. The van der Waals surface area contributed by atoms with E-state index in [2.05, 4.69) is 10.0 Å². The lowest BCUT2D eigenvalue weighted by Gasteiger charge is -2.41. The number of amides is 3. The van der Waals surface area contributed by atoms with Crippen molar-refractivity contribution in [3.05, 3.63) is 247 Å². The molecule has 0 unspecified atom stereocenters. The Labute approximate surface area is 643 Å². The predicted molar refractivity (Wildman–Crippen MR) is 406 cm³/mol. The van der Waals surface area contributed by atoms with Gasteiger partial charge in [0, 0.05) is 85.0 Å². The minimum Gasteiger partial charge on any atom is -0.467 e. The lowest BCUT2D eigenvalue weighted by atomic mass is 9.99. The highest BCUT2D eigenvalue weighted by atomic mass is 32.2. The third-order valence-corrected chi connectivity index (χ3v) is 23.9. The first-order valence-electron chi connectivity index (χ1n) is 34.3. The fourth-order valence-corrected chi connectivity index (χ4v) is 17.8. The van der Waals surface area contributed by atoms with Crippen molar-refractivity contribution >= 4 is 115 Å². The van der Waals surface area contributed by atoms with Gasteiger partial charge in [0.2, 0.25) is 27.7 Å².